The van der Waals surface area contributed by atoms with Crippen molar-refractivity contribution in [1.29, 1.82) is 0 Å². The van der Waals surface area contributed by atoms with Crippen LogP contribution in [0.15, 0.2) is 60.9 Å². The van der Waals surface area contributed by atoms with Gasteiger partial charge in [0.05, 0.1) is 46.7 Å². The Morgan fingerprint density at radius 2 is 0.977 bits per heavy atom. The first-order valence-corrected chi connectivity index (χ1v) is 14.4. The predicted octanol–water partition coefficient (Wildman–Crippen LogP) is 2.40. The van der Waals surface area contributed by atoms with Crippen molar-refractivity contribution in [3.63, 3.8) is 0 Å². The number of Topliss-reactive ketones (excluding diaryl/α,β-unsaturated/α-hetero) is 2. The summed E-state index contributed by atoms with van der Waals surface area (Å²) in [6, 6.07) is 13.9. The van der Waals surface area contributed by atoms with Gasteiger partial charge < -0.3 is 11.5 Å². The average Bonchev–Trinajstić information content (AvgIpc) is 3.02. The van der Waals surface area contributed by atoms with Gasteiger partial charge in [-0.1, -0.05) is 6.42 Å². The Hall–Kier alpha value is -5.26. The highest BCUT2D eigenvalue weighted by Gasteiger charge is 2.27. The van der Waals surface area contributed by atoms with Crippen molar-refractivity contribution in [3.05, 3.63) is 106 Å². The van der Waals surface area contributed by atoms with E-state index in [1.807, 2.05) is 24.3 Å². The monoisotopic (exact) mass is 592 g/mol. The van der Waals surface area contributed by atoms with Crippen LogP contribution in [-0.2, 0) is 35.3 Å². The van der Waals surface area contributed by atoms with Crippen LogP contribution in [0.1, 0.15) is 92.4 Å². The number of amides is 2. The maximum atomic E-state index is 12.5. The number of carbonyl (C=O) groups is 4. The van der Waals surface area contributed by atoms with Crippen molar-refractivity contribution in [3.8, 4) is 0 Å². The van der Waals surface area contributed by atoms with E-state index in [9.17, 15) is 19.2 Å². The quantitative estimate of drug-likeness (QED) is 0.246. The third kappa shape index (κ3) is 7.97. The summed E-state index contributed by atoms with van der Waals surface area (Å²) >= 11 is 0. The van der Waals surface area contributed by atoms with Crippen molar-refractivity contribution in [2.75, 3.05) is 0 Å². The van der Waals surface area contributed by atoms with Crippen LogP contribution in [0.5, 0.6) is 0 Å². The highest BCUT2D eigenvalue weighted by Crippen LogP contribution is 2.39. The molecular weight excluding hydrogens is 560 g/mol. The fourth-order valence-corrected chi connectivity index (χ4v) is 5.37. The third-order valence-electron chi connectivity index (χ3n) is 7.72. The number of nitrogens with two attached hydrogens (primary N) is 2. The molecule has 2 amide bonds. The highest BCUT2D eigenvalue weighted by molar-refractivity contribution is 5.93. The molecular formula is C32H32N8O4. The SMILES string of the molecule is NC(=O)c1ccc(CC(=O)Cc2ccc([C@H]3CCC[C@H](c4ccc(CC(=O)Cc5ccc(C(N)=O)cn5)nn4)C3)nn2)nc1. The molecule has 0 radical (unpaired) electrons. The van der Waals surface area contributed by atoms with E-state index in [0.717, 1.165) is 37.1 Å². The Kier molecular flexibility index (Phi) is 9.48. The van der Waals surface area contributed by atoms with Gasteiger partial charge in [0.15, 0.2) is 0 Å². The largest absolute Gasteiger partial charge is 0.366 e. The lowest BCUT2D eigenvalue weighted by Crippen LogP contribution is -2.17. The molecule has 12 nitrogen and oxygen atoms in total. The number of hydrogen-bond donors (Lipinski definition) is 2. The Morgan fingerprint density at radius 3 is 1.32 bits per heavy atom. The number of pyridine rings is 2. The summed E-state index contributed by atoms with van der Waals surface area (Å²) < 4.78 is 0. The molecule has 44 heavy (non-hydrogen) atoms. The van der Waals surface area contributed by atoms with Crippen LogP contribution < -0.4 is 11.5 Å². The van der Waals surface area contributed by atoms with Gasteiger partial charge in [-0.3, -0.25) is 29.1 Å². The minimum Gasteiger partial charge on any atom is -0.366 e. The summed E-state index contributed by atoms with van der Waals surface area (Å²) in [4.78, 5) is 55.7. The molecule has 0 aromatic carbocycles. The average molecular weight is 593 g/mol. The van der Waals surface area contributed by atoms with E-state index in [0.29, 0.717) is 33.9 Å². The minimum absolute atomic E-state index is 0.0525. The first-order valence-electron chi connectivity index (χ1n) is 14.4. The van der Waals surface area contributed by atoms with Crippen LogP contribution in [0.3, 0.4) is 0 Å². The van der Waals surface area contributed by atoms with E-state index in [2.05, 4.69) is 30.4 Å². The lowest BCUT2D eigenvalue weighted by Gasteiger charge is -2.28. The summed E-state index contributed by atoms with van der Waals surface area (Å²) in [6.07, 6.45) is 7.14. The number of hydrogen-bond acceptors (Lipinski definition) is 10. The molecule has 0 saturated heterocycles. The number of nitrogens with zero attached hydrogens (tertiary/aromatic N) is 6. The topological polar surface area (TPSA) is 198 Å². The second-order valence-electron chi connectivity index (χ2n) is 11.0. The highest BCUT2D eigenvalue weighted by atomic mass is 16.1. The molecule has 1 saturated carbocycles. The maximum Gasteiger partial charge on any atom is 0.250 e. The van der Waals surface area contributed by atoms with Crippen LogP contribution >= 0.6 is 0 Å². The van der Waals surface area contributed by atoms with Crippen molar-refractivity contribution in [1.82, 2.24) is 30.4 Å². The van der Waals surface area contributed by atoms with Crippen LogP contribution in [0.25, 0.3) is 0 Å². The third-order valence-corrected chi connectivity index (χ3v) is 7.72. The Balaban J connectivity index is 1.12. The van der Waals surface area contributed by atoms with Crippen LogP contribution in [0, 0.1) is 0 Å². The normalized spacial score (nSPS) is 16.3. The number of aromatic nitrogens is 6. The van der Waals surface area contributed by atoms with Crippen LogP contribution in [0.2, 0.25) is 0 Å². The van der Waals surface area contributed by atoms with Gasteiger partial charge in [-0.25, -0.2) is 0 Å². The van der Waals surface area contributed by atoms with Gasteiger partial charge in [0.2, 0.25) is 11.8 Å². The van der Waals surface area contributed by atoms with Gasteiger partial charge in [-0.15, -0.1) is 0 Å². The standard InChI is InChI=1S/C32H32N8O4/c33-31(43)21-4-6-23(35-17-21)13-27(41)15-25-8-10-29(39-37-25)19-2-1-3-20(12-19)30-11-9-26(38-40-30)16-28(42)14-24-7-5-22(18-36-24)32(34)44/h4-11,17-20H,1-3,12-16H2,(H2,33,43)(H2,34,44)/t19-,20-/m0/s1. The van der Waals surface area contributed by atoms with E-state index in [4.69, 9.17) is 11.5 Å². The van der Waals surface area contributed by atoms with Crippen molar-refractivity contribution < 1.29 is 19.2 Å². The maximum absolute atomic E-state index is 12.5. The lowest BCUT2D eigenvalue weighted by atomic mass is 9.78. The zero-order chi connectivity index (χ0) is 31.1. The molecule has 1 aliphatic carbocycles. The number of carbonyl (C=O) groups excluding carboxylic acids is 4. The van der Waals surface area contributed by atoms with Crippen LogP contribution in [-0.4, -0.2) is 53.7 Å². The summed E-state index contributed by atoms with van der Waals surface area (Å²) in [5.74, 6) is -0.795. The van der Waals surface area contributed by atoms with Gasteiger partial charge in [-0.2, -0.15) is 20.4 Å². The molecule has 1 aliphatic rings. The fraction of sp³-hybridized carbons (Fsp3) is 0.312. The summed E-state index contributed by atoms with van der Waals surface area (Å²) in [5.41, 5.74) is 15.1. The molecule has 4 heterocycles. The van der Waals surface area contributed by atoms with Gasteiger partial charge >= 0.3 is 0 Å². The van der Waals surface area contributed by atoms with Gasteiger partial charge in [-0.05, 0) is 67.8 Å². The molecule has 2 atom stereocenters. The summed E-state index contributed by atoms with van der Waals surface area (Å²) in [6.45, 7) is 0. The number of rotatable bonds is 12. The molecule has 0 bridgehead atoms. The Morgan fingerprint density at radius 1 is 0.568 bits per heavy atom. The zero-order valence-corrected chi connectivity index (χ0v) is 24.1. The smallest absolute Gasteiger partial charge is 0.250 e. The Labute approximate surface area is 253 Å². The van der Waals surface area contributed by atoms with E-state index in [1.54, 1.807) is 24.3 Å². The molecule has 5 rings (SSSR count). The van der Waals surface area contributed by atoms with Gasteiger partial charge in [0, 0.05) is 48.5 Å². The molecule has 12 heteroatoms. The van der Waals surface area contributed by atoms with Gasteiger partial charge in [0.25, 0.3) is 0 Å². The second-order valence-corrected chi connectivity index (χ2v) is 11.0. The van der Waals surface area contributed by atoms with E-state index < -0.39 is 11.8 Å². The Bertz CT molecular complexity index is 1520. The molecule has 4 aromatic heterocycles. The van der Waals surface area contributed by atoms with E-state index >= 15 is 0 Å². The van der Waals surface area contributed by atoms with Gasteiger partial charge in [0.1, 0.15) is 11.6 Å². The lowest BCUT2D eigenvalue weighted by molar-refractivity contribution is -0.118. The fourth-order valence-electron chi connectivity index (χ4n) is 5.37. The molecule has 0 aliphatic heterocycles. The summed E-state index contributed by atoms with van der Waals surface area (Å²) in [5, 5.41) is 17.5. The van der Waals surface area contributed by atoms with Crippen molar-refractivity contribution in [2.24, 2.45) is 11.5 Å². The molecule has 4 aromatic rings. The first-order chi connectivity index (χ1) is 21.2. The molecule has 1 fully saturated rings. The summed E-state index contributed by atoms with van der Waals surface area (Å²) in [7, 11) is 0. The van der Waals surface area contributed by atoms with Crippen LogP contribution in [0.4, 0.5) is 0 Å². The van der Waals surface area contributed by atoms with Crippen molar-refractivity contribution >= 4 is 23.4 Å². The van der Waals surface area contributed by atoms with E-state index in [1.165, 1.54) is 12.4 Å². The zero-order valence-electron chi connectivity index (χ0n) is 24.1. The molecule has 0 unspecified atom stereocenters. The minimum atomic E-state index is -0.563. The molecule has 4 N–H and O–H groups in total. The number of primary amides is 2. The number of ketones is 2. The second kappa shape index (κ2) is 13.8. The van der Waals surface area contributed by atoms with E-state index in [-0.39, 0.29) is 49.1 Å². The molecule has 224 valence electrons. The predicted molar refractivity (Wildman–Crippen MR) is 158 cm³/mol. The molecule has 0 spiro atoms. The first kappa shape index (κ1) is 30.2. The van der Waals surface area contributed by atoms with Crippen molar-refractivity contribution in [2.45, 2.75) is 63.2 Å².